The fourth-order valence-electron chi connectivity index (χ4n) is 0. The molecule has 0 radical (unpaired) electrons. The molecule has 12 heteroatoms. The Morgan fingerprint density at radius 1 is 0.750 bits per heavy atom. The van der Waals surface area contributed by atoms with Gasteiger partial charge >= 0.3 is 41.3 Å². The van der Waals surface area contributed by atoms with Crippen molar-refractivity contribution in [2.75, 3.05) is 0 Å². The van der Waals surface area contributed by atoms with Crippen LogP contribution in [0.2, 0.25) is 0 Å². The van der Waals surface area contributed by atoms with Crippen LogP contribution in [0.25, 0.3) is 0 Å². The molecule has 0 aliphatic carbocycles. The summed E-state index contributed by atoms with van der Waals surface area (Å²) in [7, 11) is 0. The van der Waals surface area contributed by atoms with Crippen molar-refractivity contribution in [1.82, 2.24) is 0 Å². The van der Waals surface area contributed by atoms with Gasteiger partial charge < -0.3 is 0 Å². The van der Waals surface area contributed by atoms with Gasteiger partial charge in [0.25, 0.3) is 11.4 Å². The summed E-state index contributed by atoms with van der Waals surface area (Å²) in [5.74, 6) is 0. The SMILES string of the molecule is O=S(O)O.[OH][Fe]([OH])([OH])([OH])([OH])([OH])[OH]. The van der Waals surface area contributed by atoms with Crippen LogP contribution in [-0.4, -0.2) is 42.6 Å². The molecule has 0 aliphatic rings. The van der Waals surface area contributed by atoms with Crippen molar-refractivity contribution in [2.24, 2.45) is 0 Å². The molecule has 0 atom stereocenters. The maximum atomic E-state index is 8.67. The molecular formula is H9FeO10S. The molecular weight excluding hydrogens is 248 g/mol. The third-order valence-corrected chi connectivity index (χ3v) is 0. The summed E-state index contributed by atoms with van der Waals surface area (Å²) in [5, 5.41) is 0. The Bertz CT molecular complexity index is 166. The van der Waals surface area contributed by atoms with Crippen LogP contribution in [0.4, 0.5) is 0 Å². The molecule has 0 fully saturated rings. The molecule has 0 aliphatic heterocycles. The Balaban J connectivity index is 0. The summed E-state index contributed by atoms with van der Waals surface area (Å²) in [6.45, 7) is 0. The number of hydrogen-bond donors (Lipinski definition) is 9. The van der Waals surface area contributed by atoms with Crippen LogP contribution in [-0.2, 0) is 23.3 Å². The predicted molar refractivity (Wildman–Crippen MR) is 28.9 cm³/mol. The van der Waals surface area contributed by atoms with Crippen molar-refractivity contribution in [1.29, 1.82) is 0 Å². The second-order valence-electron chi connectivity index (χ2n) is 1.72. The third-order valence-electron chi connectivity index (χ3n) is 0. The zero-order valence-electron chi connectivity index (χ0n) is 5.19. The van der Waals surface area contributed by atoms with Crippen molar-refractivity contribution in [3.8, 4) is 0 Å². The van der Waals surface area contributed by atoms with E-state index in [1.54, 1.807) is 0 Å². The molecule has 9 N–H and O–H groups in total. The molecule has 0 saturated heterocycles. The molecule has 0 rings (SSSR count). The van der Waals surface area contributed by atoms with Gasteiger partial charge in [0.2, 0.25) is 0 Å². The molecule has 0 saturated carbocycles. The first kappa shape index (κ1) is 14.8. The molecule has 0 aromatic rings. The standard InChI is InChI=1S/Fe.H2O3S.7H2O/c;1-4(2)3;;;;;;;/h;(H2,1,2,3);7*1H2/q+7;;;;;;;;/p-7. The van der Waals surface area contributed by atoms with Crippen LogP contribution in [0.5, 0.6) is 0 Å². The predicted octanol–water partition coefficient (Wildman–Crippen LogP) is -4.22. The summed E-state index contributed by atoms with van der Waals surface area (Å²) in [6, 6.07) is 0. The topological polar surface area (TPSA) is 199 Å². The molecule has 0 amide bonds. The number of rotatable bonds is 0. The average Bonchev–Trinajstić information content (AvgIpc) is 1.08. The molecule has 0 aromatic heterocycles. The second-order valence-corrected chi connectivity index (χ2v) is 6.81. The normalized spacial score (nSPS) is 21.0. The molecule has 0 heterocycles. The van der Waals surface area contributed by atoms with Gasteiger partial charge in [0.05, 0.1) is 0 Å². The Morgan fingerprint density at radius 2 is 0.750 bits per heavy atom. The van der Waals surface area contributed by atoms with Crippen LogP contribution in [0.15, 0.2) is 0 Å². The third kappa shape index (κ3) is 9330. The molecule has 0 unspecified atom stereocenters. The van der Waals surface area contributed by atoms with Crippen molar-refractivity contribution in [3.05, 3.63) is 0 Å². The van der Waals surface area contributed by atoms with Gasteiger partial charge in [-0.05, 0) is 0 Å². The van der Waals surface area contributed by atoms with Crippen LogP contribution in [0, 0.1) is 0 Å². The van der Waals surface area contributed by atoms with Gasteiger partial charge in [0.15, 0.2) is 0 Å². The summed E-state index contributed by atoms with van der Waals surface area (Å²) in [4.78, 5) is 0. The van der Waals surface area contributed by atoms with E-state index in [0.717, 1.165) is 0 Å². The van der Waals surface area contributed by atoms with E-state index in [9.17, 15) is 0 Å². The van der Waals surface area contributed by atoms with Crippen LogP contribution < -0.4 is 0 Å². The maximum absolute atomic E-state index is 9.32. The van der Waals surface area contributed by atoms with E-state index in [2.05, 4.69) is 0 Å². The van der Waals surface area contributed by atoms with Crippen molar-refractivity contribution in [2.45, 2.75) is 0 Å². The molecule has 0 spiro atoms. The quantitative estimate of drug-likeness (QED) is 0.151. The molecule has 0 bridgehead atoms. The van der Waals surface area contributed by atoms with E-state index in [1.807, 2.05) is 0 Å². The van der Waals surface area contributed by atoms with Crippen molar-refractivity contribution in [3.63, 3.8) is 0 Å². The van der Waals surface area contributed by atoms with Gasteiger partial charge in [-0.1, -0.05) is 0 Å². The Labute approximate surface area is 66.6 Å². The molecule has 83 valence electrons. The van der Waals surface area contributed by atoms with E-state index in [4.69, 9.17) is 42.6 Å². The van der Waals surface area contributed by atoms with Crippen LogP contribution >= 0.6 is 0 Å². The first-order chi connectivity index (χ1) is 4.38. The number of hydrogen-bond acceptors (Lipinski definition) is 8. The average molecular weight is 257 g/mol. The first-order valence-electron chi connectivity index (χ1n) is 1.64. The van der Waals surface area contributed by atoms with E-state index >= 15 is 0 Å². The summed E-state index contributed by atoms with van der Waals surface area (Å²) < 4.78 is 74.6. The minimum absolute atomic E-state index is 2.61. The van der Waals surface area contributed by atoms with Crippen LogP contribution in [0.3, 0.4) is 0 Å². The molecule has 12 heavy (non-hydrogen) atoms. The van der Waals surface area contributed by atoms with Gasteiger partial charge in [-0.3, -0.25) is 9.11 Å². The van der Waals surface area contributed by atoms with E-state index < -0.39 is 23.3 Å². The van der Waals surface area contributed by atoms with Gasteiger partial charge in [0, 0.05) is 0 Å². The van der Waals surface area contributed by atoms with Gasteiger partial charge in [-0.15, -0.1) is 0 Å². The van der Waals surface area contributed by atoms with Gasteiger partial charge in [-0.2, -0.15) is 4.21 Å². The Morgan fingerprint density at radius 3 is 0.750 bits per heavy atom. The zero-order valence-corrected chi connectivity index (χ0v) is 7.12. The fraction of sp³-hybridized carbons (Fsp3) is 0. The summed E-state index contributed by atoms with van der Waals surface area (Å²) in [6.07, 6.45) is 0. The van der Waals surface area contributed by atoms with E-state index in [1.165, 1.54) is 0 Å². The zero-order chi connectivity index (χ0) is 11.0. The fourth-order valence-corrected chi connectivity index (χ4v) is 0. The van der Waals surface area contributed by atoms with Crippen molar-refractivity contribution >= 4 is 11.4 Å². The van der Waals surface area contributed by atoms with Crippen molar-refractivity contribution < 1.29 is 54.6 Å². The first-order valence-corrected chi connectivity index (χ1v) is 6.16. The summed E-state index contributed by atoms with van der Waals surface area (Å²) >= 11 is -11.9. The van der Waals surface area contributed by atoms with Gasteiger partial charge in [-0.25, -0.2) is 0 Å². The summed E-state index contributed by atoms with van der Waals surface area (Å²) in [5.41, 5.74) is 0. The van der Waals surface area contributed by atoms with Crippen LogP contribution in [0.1, 0.15) is 0 Å². The Hall–Kier alpha value is 0.309. The molecule has 0 aromatic carbocycles. The second kappa shape index (κ2) is 2.03. The van der Waals surface area contributed by atoms with E-state index in [0.29, 0.717) is 0 Å². The van der Waals surface area contributed by atoms with E-state index in [-0.39, 0.29) is 0 Å². The minimum atomic E-state index is -9.32. The Kier molecular flexibility index (Phi) is 2.51. The monoisotopic (exact) mass is 257 g/mol. The molecule has 10 nitrogen and oxygen atoms in total. The van der Waals surface area contributed by atoms with Gasteiger partial charge in [0.1, 0.15) is 0 Å².